The summed E-state index contributed by atoms with van der Waals surface area (Å²) in [6.07, 6.45) is -2.33. The van der Waals surface area contributed by atoms with Gasteiger partial charge in [0.15, 0.2) is 0 Å². The van der Waals surface area contributed by atoms with E-state index >= 15 is 0 Å². The minimum atomic E-state index is -4.76. The molecule has 0 aliphatic carbocycles. The van der Waals surface area contributed by atoms with Gasteiger partial charge in [0, 0.05) is 71.7 Å². The summed E-state index contributed by atoms with van der Waals surface area (Å²) in [5.41, 5.74) is -0.930. The molecule has 4 heterocycles. The number of carbonyl (C=O) groups excluding carboxylic acids is 1. The first-order chi connectivity index (χ1) is 19.5. The van der Waals surface area contributed by atoms with Crippen LogP contribution in [0.4, 0.5) is 18.9 Å². The number of pyridine rings is 1. The van der Waals surface area contributed by atoms with Crippen LogP contribution in [0.5, 0.6) is 0 Å². The summed E-state index contributed by atoms with van der Waals surface area (Å²) in [7, 11) is 1.55. The first kappa shape index (κ1) is 29.2. The Hall–Kier alpha value is -3.29. The predicted molar refractivity (Wildman–Crippen MR) is 157 cm³/mol. The molecule has 0 saturated carbocycles. The van der Waals surface area contributed by atoms with Gasteiger partial charge in [-0.1, -0.05) is 6.58 Å². The van der Waals surface area contributed by atoms with Gasteiger partial charge in [-0.15, -0.1) is 23.1 Å². The lowest BCUT2D eigenvalue weighted by molar-refractivity contribution is -0.137. The number of nitrogens with one attached hydrogen (secondary N) is 3. The molecular weight excluding hydrogens is 575 g/mol. The molecule has 1 saturated heterocycles. The molecule has 3 aromatic rings. The molecule has 8 nitrogen and oxygen atoms in total. The maximum atomic E-state index is 14.9. The molecule has 0 radical (unpaired) electrons. The van der Waals surface area contributed by atoms with Gasteiger partial charge in [0.05, 0.1) is 22.7 Å². The van der Waals surface area contributed by atoms with Crippen molar-refractivity contribution in [1.29, 1.82) is 5.41 Å². The second kappa shape index (κ2) is 11.2. The van der Waals surface area contributed by atoms with Gasteiger partial charge in [0.1, 0.15) is 5.84 Å². The highest BCUT2D eigenvalue weighted by Crippen LogP contribution is 2.51. The summed E-state index contributed by atoms with van der Waals surface area (Å²) < 4.78 is 50.2. The Balaban J connectivity index is 1.71. The number of hydrogen-bond acceptors (Lipinski definition) is 7. The van der Waals surface area contributed by atoms with Gasteiger partial charge < -0.3 is 24.8 Å². The van der Waals surface area contributed by atoms with Crippen LogP contribution in [-0.4, -0.2) is 77.2 Å². The van der Waals surface area contributed by atoms with E-state index in [0.29, 0.717) is 28.3 Å². The van der Waals surface area contributed by atoms with E-state index in [9.17, 15) is 22.8 Å². The fourth-order valence-corrected chi connectivity index (χ4v) is 8.08. The second-order valence-electron chi connectivity index (χ2n) is 10.2. The van der Waals surface area contributed by atoms with E-state index in [1.165, 1.54) is 24.0 Å². The number of fused-ring (bicyclic) bond motifs is 2. The maximum absolute atomic E-state index is 14.9. The molecule has 2 aliphatic heterocycles. The lowest BCUT2D eigenvalue weighted by atomic mass is 9.96. The SMILES string of the molecule is C=CC(=O)N1[C@H](C)CN(C(=N)c2cc(C(F)(F)F)c(-c3scc4cc[nH]c(=O)c34)c3c2NCC(OC)CS3)C[C@@H]1C. The standard InChI is InChI=1S/C28H30F3N5O3S2/c1-5-20(37)36-14(2)10-35(11-15(36)3)26(32)18-8-19(28(29,30)31)22(25-23(18)34-9-17(39-4)13-41-25)24-21-16(12-40-24)6-7-33-27(21)38/h5-8,12,14-15,17,32,34H,1,9-11,13H2,2-4H3,(H,33,38)/t14-,15+,17?. The largest absolute Gasteiger partial charge is 0.417 e. The molecule has 2 aliphatic rings. The third-order valence-electron chi connectivity index (χ3n) is 7.51. The van der Waals surface area contributed by atoms with Crippen LogP contribution in [0.25, 0.3) is 21.2 Å². The molecule has 5 rings (SSSR count). The van der Waals surface area contributed by atoms with Crippen LogP contribution < -0.4 is 10.9 Å². The van der Waals surface area contributed by atoms with Gasteiger partial charge in [-0.05, 0) is 42.8 Å². The number of nitrogens with zero attached hydrogens (tertiary/aromatic N) is 2. The number of H-pyrrole nitrogens is 1. The molecule has 13 heteroatoms. The molecular formula is C28H30F3N5O3S2. The second-order valence-corrected chi connectivity index (χ2v) is 12.1. The minimum Gasteiger partial charge on any atom is -0.381 e. The van der Waals surface area contributed by atoms with E-state index < -0.39 is 17.3 Å². The Morgan fingerprint density at radius 3 is 2.61 bits per heavy atom. The van der Waals surface area contributed by atoms with Crippen molar-refractivity contribution in [3.05, 3.63) is 57.8 Å². The smallest absolute Gasteiger partial charge is 0.381 e. The number of thiophene rings is 1. The number of aromatic nitrogens is 1. The van der Waals surface area contributed by atoms with Crippen LogP contribution in [0.3, 0.4) is 0 Å². The topological polar surface area (TPSA) is 102 Å². The number of ether oxygens (including phenoxy) is 1. The van der Waals surface area contributed by atoms with E-state index in [0.717, 1.165) is 17.4 Å². The number of alkyl halides is 3. The lowest BCUT2D eigenvalue weighted by Crippen LogP contribution is -2.59. The molecule has 1 fully saturated rings. The van der Waals surface area contributed by atoms with Crippen LogP contribution >= 0.6 is 23.1 Å². The van der Waals surface area contributed by atoms with E-state index in [1.54, 1.807) is 28.4 Å². The Morgan fingerprint density at radius 2 is 1.98 bits per heavy atom. The fraction of sp³-hybridized carbons (Fsp3) is 0.393. The normalized spacial score (nSPS) is 21.3. The molecule has 0 bridgehead atoms. The Kier molecular flexibility index (Phi) is 7.96. The van der Waals surface area contributed by atoms with Crippen molar-refractivity contribution in [3.63, 3.8) is 0 Å². The summed E-state index contributed by atoms with van der Waals surface area (Å²) >= 11 is 2.32. The predicted octanol–water partition coefficient (Wildman–Crippen LogP) is 5.24. The zero-order valence-electron chi connectivity index (χ0n) is 22.7. The summed E-state index contributed by atoms with van der Waals surface area (Å²) in [4.78, 5) is 31.8. The summed E-state index contributed by atoms with van der Waals surface area (Å²) in [5.74, 6) is 0.0874. The van der Waals surface area contributed by atoms with Crippen LogP contribution in [0.2, 0.25) is 0 Å². The van der Waals surface area contributed by atoms with Crippen molar-refractivity contribution in [2.24, 2.45) is 0 Å². The third kappa shape index (κ3) is 5.26. The number of amides is 1. The van der Waals surface area contributed by atoms with Crippen molar-refractivity contribution in [2.75, 3.05) is 37.8 Å². The van der Waals surface area contributed by atoms with Gasteiger partial charge in [-0.3, -0.25) is 15.0 Å². The monoisotopic (exact) mass is 605 g/mol. The number of anilines is 1. The van der Waals surface area contributed by atoms with Crippen molar-refractivity contribution < 1.29 is 22.7 Å². The quantitative estimate of drug-likeness (QED) is 0.214. The third-order valence-corrected chi connectivity index (χ3v) is 9.76. The lowest BCUT2D eigenvalue weighted by Gasteiger charge is -2.45. The molecule has 1 amide bonds. The van der Waals surface area contributed by atoms with E-state index in [-0.39, 0.29) is 64.4 Å². The number of rotatable bonds is 4. The number of thioether (sulfide) groups is 1. The number of carbonyl (C=O) groups is 1. The molecule has 218 valence electrons. The molecule has 2 aromatic heterocycles. The molecule has 3 atom stereocenters. The molecule has 41 heavy (non-hydrogen) atoms. The highest BCUT2D eigenvalue weighted by atomic mass is 32.2. The average molecular weight is 606 g/mol. The zero-order valence-corrected chi connectivity index (χ0v) is 24.4. The van der Waals surface area contributed by atoms with Gasteiger partial charge in [-0.2, -0.15) is 13.2 Å². The van der Waals surface area contributed by atoms with E-state index in [2.05, 4.69) is 16.9 Å². The zero-order chi connectivity index (χ0) is 29.6. The van der Waals surface area contributed by atoms with Crippen LogP contribution in [0.1, 0.15) is 25.0 Å². The first-order valence-corrected chi connectivity index (χ1v) is 14.9. The maximum Gasteiger partial charge on any atom is 0.417 e. The van der Waals surface area contributed by atoms with Gasteiger partial charge in [-0.25, -0.2) is 0 Å². The van der Waals surface area contributed by atoms with E-state index in [4.69, 9.17) is 10.1 Å². The molecule has 3 N–H and O–H groups in total. The molecule has 1 unspecified atom stereocenters. The first-order valence-electron chi connectivity index (χ1n) is 13.0. The average Bonchev–Trinajstić information content (AvgIpc) is 3.24. The van der Waals surface area contributed by atoms with Crippen molar-refractivity contribution in [3.8, 4) is 10.4 Å². The van der Waals surface area contributed by atoms with Gasteiger partial charge >= 0.3 is 6.18 Å². The van der Waals surface area contributed by atoms with Crippen molar-refractivity contribution >= 4 is 51.3 Å². The highest BCUT2D eigenvalue weighted by molar-refractivity contribution is 7.99. The van der Waals surface area contributed by atoms with Gasteiger partial charge in [0.25, 0.3) is 5.56 Å². The number of amidine groups is 1. The summed E-state index contributed by atoms with van der Waals surface area (Å²) in [5, 5.41) is 14.9. The Bertz CT molecular complexity index is 1570. The number of piperazine rings is 1. The number of benzene rings is 1. The van der Waals surface area contributed by atoms with Gasteiger partial charge in [0.2, 0.25) is 5.91 Å². The number of aromatic amines is 1. The van der Waals surface area contributed by atoms with Crippen LogP contribution in [0, 0.1) is 5.41 Å². The molecule has 1 aromatic carbocycles. The Labute approximate surface area is 243 Å². The van der Waals surface area contributed by atoms with Crippen molar-refractivity contribution in [2.45, 2.75) is 43.1 Å². The fourth-order valence-electron chi connectivity index (χ4n) is 5.62. The number of hydrogen-bond donors (Lipinski definition) is 3. The summed E-state index contributed by atoms with van der Waals surface area (Å²) in [6.45, 7) is 8.15. The van der Waals surface area contributed by atoms with Crippen molar-refractivity contribution in [1.82, 2.24) is 14.8 Å². The van der Waals surface area contributed by atoms with E-state index in [1.807, 2.05) is 13.8 Å². The Morgan fingerprint density at radius 1 is 1.27 bits per heavy atom. The number of methoxy groups -OCH3 is 1. The number of halogens is 3. The highest BCUT2D eigenvalue weighted by Gasteiger charge is 2.41. The minimum absolute atomic E-state index is 0.0689. The van der Waals surface area contributed by atoms with Crippen LogP contribution in [0.15, 0.2) is 46.1 Å². The van der Waals surface area contributed by atoms with Crippen LogP contribution in [-0.2, 0) is 15.7 Å². The molecule has 0 spiro atoms. The summed E-state index contributed by atoms with van der Waals surface area (Å²) in [6, 6.07) is 2.12.